The van der Waals surface area contributed by atoms with Gasteiger partial charge in [0, 0.05) is 12.3 Å². The first-order chi connectivity index (χ1) is 7.95. The van der Waals surface area contributed by atoms with Crippen LogP contribution in [0.25, 0.3) is 11.0 Å². The zero-order valence-corrected chi connectivity index (χ0v) is 9.20. The largest absolute Gasteiger partial charge is 0.458 e. The van der Waals surface area contributed by atoms with Crippen LogP contribution < -0.4 is 0 Å². The summed E-state index contributed by atoms with van der Waals surface area (Å²) in [5, 5.41) is 18.4. The molecule has 0 spiro atoms. The summed E-state index contributed by atoms with van der Waals surface area (Å²) in [6.45, 7) is 0.0978. The molecule has 0 bridgehead atoms. The molecule has 2 rings (SSSR count). The Morgan fingerprint density at radius 2 is 1.88 bits per heavy atom. The van der Waals surface area contributed by atoms with Gasteiger partial charge in [-0.05, 0) is 23.8 Å². The van der Waals surface area contributed by atoms with E-state index in [1.165, 1.54) is 12.1 Å². The minimum Gasteiger partial charge on any atom is -0.458 e. The third-order valence-electron chi connectivity index (χ3n) is 2.54. The van der Waals surface area contributed by atoms with Crippen LogP contribution in [0.15, 0.2) is 22.6 Å². The van der Waals surface area contributed by atoms with Crippen LogP contribution in [0.2, 0.25) is 0 Å². The standard InChI is InChI=1S/C12H12F2O3/c1-12(13,14)10-3-7(5-15)2-8-4-9(6-16)17-11(8)10/h2-4,15-16H,5-6H2,1H3. The lowest BCUT2D eigenvalue weighted by atomic mass is 10.0. The van der Waals surface area contributed by atoms with Gasteiger partial charge in [-0.2, -0.15) is 0 Å². The molecule has 2 N–H and O–H groups in total. The van der Waals surface area contributed by atoms with Gasteiger partial charge in [-0.1, -0.05) is 0 Å². The molecule has 0 amide bonds. The molecule has 1 aromatic carbocycles. The highest BCUT2D eigenvalue weighted by molar-refractivity contribution is 5.82. The highest BCUT2D eigenvalue weighted by Gasteiger charge is 2.29. The molecule has 1 heterocycles. The van der Waals surface area contributed by atoms with Crippen LogP contribution in [-0.4, -0.2) is 10.2 Å². The molecular formula is C12H12F2O3. The molecule has 1 aromatic heterocycles. The predicted octanol–water partition coefficient (Wildman–Crippen LogP) is 2.53. The number of aliphatic hydroxyl groups excluding tert-OH is 2. The van der Waals surface area contributed by atoms with Crippen molar-refractivity contribution < 1.29 is 23.4 Å². The minimum absolute atomic E-state index is 0.0544. The van der Waals surface area contributed by atoms with E-state index in [4.69, 9.17) is 14.6 Å². The molecule has 0 aliphatic heterocycles. The van der Waals surface area contributed by atoms with Gasteiger partial charge in [0.25, 0.3) is 5.92 Å². The maximum atomic E-state index is 13.4. The summed E-state index contributed by atoms with van der Waals surface area (Å²) in [6, 6.07) is 4.27. The van der Waals surface area contributed by atoms with Crippen LogP contribution in [0, 0.1) is 0 Å². The van der Waals surface area contributed by atoms with E-state index in [0.717, 1.165) is 6.92 Å². The van der Waals surface area contributed by atoms with E-state index in [1.54, 1.807) is 6.07 Å². The van der Waals surface area contributed by atoms with E-state index in [9.17, 15) is 8.78 Å². The summed E-state index contributed by atoms with van der Waals surface area (Å²) >= 11 is 0. The molecule has 5 heteroatoms. The number of furan rings is 1. The Morgan fingerprint density at radius 1 is 1.18 bits per heavy atom. The second kappa shape index (κ2) is 4.09. The van der Waals surface area contributed by atoms with Crippen LogP contribution >= 0.6 is 0 Å². The molecular weight excluding hydrogens is 230 g/mol. The van der Waals surface area contributed by atoms with Crippen molar-refractivity contribution in [1.29, 1.82) is 0 Å². The fraction of sp³-hybridized carbons (Fsp3) is 0.333. The van der Waals surface area contributed by atoms with Crippen molar-refractivity contribution in [3.05, 3.63) is 35.1 Å². The van der Waals surface area contributed by atoms with E-state index in [1.807, 2.05) is 0 Å². The Labute approximate surface area is 96.3 Å². The molecule has 0 unspecified atom stereocenters. The lowest BCUT2D eigenvalue weighted by molar-refractivity contribution is 0.0179. The number of rotatable bonds is 3. The van der Waals surface area contributed by atoms with Gasteiger partial charge in [0.2, 0.25) is 0 Å². The number of fused-ring (bicyclic) bond motifs is 1. The van der Waals surface area contributed by atoms with Crippen molar-refractivity contribution in [2.45, 2.75) is 26.1 Å². The topological polar surface area (TPSA) is 53.6 Å². The van der Waals surface area contributed by atoms with Crippen LogP contribution in [0.3, 0.4) is 0 Å². The van der Waals surface area contributed by atoms with Gasteiger partial charge in [0.1, 0.15) is 18.0 Å². The van der Waals surface area contributed by atoms with Crippen molar-refractivity contribution >= 4 is 11.0 Å². The Hall–Kier alpha value is -1.46. The number of hydrogen-bond acceptors (Lipinski definition) is 3. The molecule has 2 aromatic rings. The Balaban J connectivity index is 2.74. The van der Waals surface area contributed by atoms with Gasteiger partial charge in [-0.25, -0.2) is 8.78 Å². The van der Waals surface area contributed by atoms with Gasteiger partial charge in [-0.15, -0.1) is 0 Å². The third-order valence-corrected chi connectivity index (χ3v) is 2.54. The Bertz CT molecular complexity index is 540. The van der Waals surface area contributed by atoms with Crippen molar-refractivity contribution in [1.82, 2.24) is 0 Å². The van der Waals surface area contributed by atoms with Gasteiger partial charge in [-0.3, -0.25) is 0 Å². The van der Waals surface area contributed by atoms with Gasteiger partial charge in [0.05, 0.1) is 12.2 Å². The highest BCUT2D eigenvalue weighted by Crippen LogP contribution is 2.35. The van der Waals surface area contributed by atoms with Crippen LogP contribution in [-0.2, 0) is 19.1 Å². The van der Waals surface area contributed by atoms with Crippen molar-refractivity contribution in [2.24, 2.45) is 0 Å². The van der Waals surface area contributed by atoms with Crippen molar-refractivity contribution in [2.75, 3.05) is 0 Å². The summed E-state index contributed by atoms with van der Waals surface area (Å²) in [6.07, 6.45) is 0. The number of halogens is 2. The van der Waals surface area contributed by atoms with E-state index >= 15 is 0 Å². The first-order valence-electron chi connectivity index (χ1n) is 5.11. The van der Waals surface area contributed by atoms with Crippen molar-refractivity contribution in [3.8, 4) is 0 Å². The van der Waals surface area contributed by atoms with E-state index < -0.39 is 5.92 Å². The molecule has 0 atom stereocenters. The quantitative estimate of drug-likeness (QED) is 0.869. The fourth-order valence-corrected chi connectivity index (χ4v) is 1.76. The van der Waals surface area contributed by atoms with Gasteiger partial charge >= 0.3 is 0 Å². The molecule has 0 aliphatic carbocycles. The average Bonchev–Trinajstić information content (AvgIpc) is 2.68. The zero-order valence-electron chi connectivity index (χ0n) is 9.20. The third kappa shape index (κ3) is 2.16. The zero-order chi connectivity index (χ0) is 12.6. The Morgan fingerprint density at radius 3 is 2.41 bits per heavy atom. The first-order valence-corrected chi connectivity index (χ1v) is 5.11. The van der Waals surface area contributed by atoms with E-state index in [2.05, 4.69) is 0 Å². The van der Waals surface area contributed by atoms with Crippen LogP contribution in [0.5, 0.6) is 0 Å². The first kappa shape index (κ1) is 12.0. The van der Waals surface area contributed by atoms with E-state index in [0.29, 0.717) is 10.9 Å². The second-order valence-corrected chi connectivity index (χ2v) is 3.98. The maximum absolute atomic E-state index is 13.4. The molecule has 3 nitrogen and oxygen atoms in total. The molecule has 0 radical (unpaired) electrons. The number of hydrogen-bond donors (Lipinski definition) is 2. The smallest absolute Gasteiger partial charge is 0.274 e. The molecule has 0 saturated heterocycles. The highest BCUT2D eigenvalue weighted by atomic mass is 19.3. The lowest BCUT2D eigenvalue weighted by Crippen LogP contribution is -2.08. The molecule has 92 valence electrons. The van der Waals surface area contributed by atoms with Crippen LogP contribution in [0.1, 0.15) is 23.8 Å². The van der Waals surface area contributed by atoms with Gasteiger partial charge in [0.15, 0.2) is 0 Å². The summed E-state index contributed by atoms with van der Waals surface area (Å²) in [5.41, 5.74) is 0.164. The summed E-state index contributed by atoms with van der Waals surface area (Å²) in [4.78, 5) is 0. The van der Waals surface area contributed by atoms with E-state index in [-0.39, 0.29) is 30.1 Å². The normalized spacial score (nSPS) is 12.3. The fourth-order valence-electron chi connectivity index (χ4n) is 1.76. The summed E-state index contributed by atoms with van der Waals surface area (Å²) < 4.78 is 32.0. The summed E-state index contributed by atoms with van der Waals surface area (Å²) in [5.74, 6) is -2.84. The Kier molecular flexibility index (Phi) is 2.89. The number of aliphatic hydroxyl groups is 2. The SMILES string of the molecule is CC(F)(F)c1cc(CO)cc2cc(CO)oc12. The van der Waals surface area contributed by atoms with Crippen LogP contribution in [0.4, 0.5) is 8.78 Å². The van der Waals surface area contributed by atoms with Crippen molar-refractivity contribution in [3.63, 3.8) is 0 Å². The monoisotopic (exact) mass is 242 g/mol. The number of benzene rings is 1. The summed E-state index contributed by atoms with van der Waals surface area (Å²) in [7, 11) is 0. The molecule has 0 saturated carbocycles. The molecule has 17 heavy (non-hydrogen) atoms. The minimum atomic E-state index is -3.06. The predicted molar refractivity (Wildman–Crippen MR) is 57.6 cm³/mol. The molecule has 0 fully saturated rings. The average molecular weight is 242 g/mol. The second-order valence-electron chi connectivity index (χ2n) is 3.98. The lowest BCUT2D eigenvalue weighted by Gasteiger charge is -2.12. The number of alkyl halides is 2. The molecule has 0 aliphatic rings. The maximum Gasteiger partial charge on any atom is 0.274 e. The van der Waals surface area contributed by atoms with Gasteiger partial charge < -0.3 is 14.6 Å².